The molecule has 0 radical (unpaired) electrons. The molecule has 0 aliphatic carbocycles. The molecule has 1 aliphatic heterocycles. The molecule has 6 nitrogen and oxygen atoms in total. The number of benzene rings is 2. The molecule has 118 valence electrons. The van der Waals surface area contributed by atoms with Gasteiger partial charge in [-0.05, 0) is 48.9 Å². The second-order valence-electron chi connectivity index (χ2n) is 5.08. The van der Waals surface area contributed by atoms with E-state index < -0.39 is 6.10 Å². The highest BCUT2D eigenvalue weighted by Crippen LogP contribution is 2.30. The summed E-state index contributed by atoms with van der Waals surface area (Å²) in [6, 6.07) is 13.8. The van der Waals surface area contributed by atoms with Gasteiger partial charge in [-0.3, -0.25) is 4.79 Å². The van der Waals surface area contributed by atoms with Crippen molar-refractivity contribution in [2.24, 2.45) is 5.10 Å². The van der Waals surface area contributed by atoms with Crippen LogP contribution in [0.5, 0.6) is 17.2 Å². The van der Waals surface area contributed by atoms with Gasteiger partial charge in [0.2, 0.25) is 6.10 Å². The van der Waals surface area contributed by atoms with E-state index in [0.29, 0.717) is 17.2 Å². The normalized spacial score (nSPS) is 16.7. The van der Waals surface area contributed by atoms with Crippen LogP contribution in [0.4, 0.5) is 0 Å². The third kappa shape index (κ3) is 3.42. The van der Waals surface area contributed by atoms with Gasteiger partial charge in [-0.25, -0.2) is 5.43 Å². The Bertz CT molecular complexity index is 741. The lowest BCUT2D eigenvalue weighted by molar-refractivity contribution is -0.130. The van der Waals surface area contributed by atoms with Crippen molar-refractivity contribution in [2.75, 3.05) is 6.61 Å². The number of phenols is 1. The number of ether oxygens (including phenoxy) is 2. The highest BCUT2D eigenvalue weighted by Gasteiger charge is 2.27. The first-order valence-corrected chi connectivity index (χ1v) is 7.15. The van der Waals surface area contributed by atoms with Crippen LogP contribution in [0.2, 0.25) is 0 Å². The highest BCUT2D eigenvalue weighted by atomic mass is 16.6. The van der Waals surface area contributed by atoms with Gasteiger partial charge < -0.3 is 14.6 Å². The van der Waals surface area contributed by atoms with E-state index in [-0.39, 0.29) is 18.3 Å². The summed E-state index contributed by atoms with van der Waals surface area (Å²) >= 11 is 0. The molecule has 0 unspecified atom stereocenters. The second-order valence-corrected chi connectivity index (χ2v) is 5.08. The van der Waals surface area contributed by atoms with Crippen LogP contribution in [-0.4, -0.2) is 29.4 Å². The number of hydrogen-bond donors (Lipinski definition) is 2. The molecule has 0 spiro atoms. The van der Waals surface area contributed by atoms with Crippen molar-refractivity contribution in [3.63, 3.8) is 0 Å². The minimum absolute atomic E-state index is 0.136. The molecule has 6 heteroatoms. The topological polar surface area (TPSA) is 80.2 Å². The Balaban J connectivity index is 1.63. The molecule has 0 saturated heterocycles. The Morgan fingerprint density at radius 2 is 1.87 bits per heavy atom. The van der Waals surface area contributed by atoms with E-state index in [2.05, 4.69) is 10.5 Å². The van der Waals surface area contributed by atoms with E-state index in [9.17, 15) is 9.90 Å². The van der Waals surface area contributed by atoms with E-state index in [1.807, 2.05) is 12.1 Å². The van der Waals surface area contributed by atoms with Crippen molar-refractivity contribution >= 4 is 11.6 Å². The molecule has 3 rings (SSSR count). The summed E-state index contributed by atoms with van der Waals surface area (Å²) in [5, 5.41) is 13.3. The number of aromatic hydroxyl groups is 1. The van der Waals surface area contributed by atoms with Crippen LogP contribution in [0, 0.1) is 0 Å². The summed E-state index contributed by atoms with van der Waals surface area (Å²) in [5.41, 5.74) is 3.90. The minimum Gasteiger partial charge on any atom is -0.508 e. The quantitative estimate of drug-likeness (QED) is 0.671. The maximum atomic E-state index is 12.1. The average molecular weight is 312 g/mol. The van der Waals surface area contributed by atoms with Crippen LogP contribution < -0.4 is 14.9 Å². The zero-order valence-corrected chi connectivity index (χ0v) is 12.5. The molecular formula is C17H16N2O4. The average Bonchev–Trinajstić information content (AvgIpc) is 2.59. The Morgan fingerprint density at radius 1 is 1.17 bits per heavy atom. The van der Waals surface area contributed by atoms with Crippen molar-refractivity contribution in [2.45, 2.75) is 13.0 Å². The first-order valence-electron chi connectivity index (χ1n) is 7.15. The maximum Gasteiger partial charge on any atom is 0.284 e. The van der Waals surface area contributed by atoms with E-state index in [1.165, 1.54) is 0 Å². The monoisotopic (exact) mass is 312 g/mol. The lowest BCUT2D eigenvalue weighted by Crippen LogP contribution is -2.42. The van der Waals surface area contributed by atoms with Crippen LogP contribution >= 0.6 is 0 Å². The number of nitrogens with zero attached hydrogens (tertiary/aromatic N) is 1. The number of hydrazone groups is 1. The molecular weight excluding hydrogens is 296 g/mol. The van der Waals surface area contributed by atoms with Gasteiger partial charge in [-0.15, -0.1) is 0 Å². The van der Waals surface area contributed by atoms with Crippen molar-refractivity contribution in [3.05, 3.63) is 54.1 Å². The number of amides is 1. The van der Waals surface area contributed by atoms with Crippen molar-refractivity contribution in [3.8, 4) is 17.2 Å². The Morgan fingerprint density at radius 3 is 2.61 bits per heavy atom. The molecule has 0 saturated carbocycles. The summed E-state index contributed by atoms with van der Waals surface area (Å²) in [7, 11) is 0. The Hall–Kier alpha value is -3.02. The van der Waals surface area contributed by atoms with E-state index >= 15 is 0 Å². The lowest BCUT2D eigenvalue weighted by atomic mass is 10.1. The van der Waals surface area contributed by atoms with E-state index in [4.69, 9.17) is 9.47 Å². The molecule has 23 heavy (non-hydrogen) atoms. The SMILES string of the molecule is C/C(=N\NC(=O)[C@@H]1COc2ccccc2O1)c1ccc(O)cc1. The third-order valence-electron chi connectivity index (χ3n) is 3.42. The summed E-state index contributed by atoms with van der Waals surface area (Å²) in [6.07, 6.45) is -0.749. The van der Waals surface area contributed by atoms with Crippen LogP contribution in [0.1, 0.15) is 12.5 Å². The van der Waals surface area contributed by atoms with Crippen LogP contribution in [-0.2, 0) is 4.79 Å². The fourth-order valence-corrected chi connectivity index (χ4v) is 2.13. The fraction of sp³-hybridized carbons (Fsp3) is 0.176. The van der Waals surface area contributed by atoms with Crippen molar-refractivity contribution < 1.29 is 19.4 Å². The predicted molar refractivity (Wildman–Crippen MR) is 84.8 cm³/mol. The van der Waals surface area contributed by atoms with Gasteiger partial charge in [-0.2, -0.15) is 5.10 Å². The van der Waals surface area contributed by atoms with Gasteiger partial charge in [0.15, 0.2) is 11.5 Å². The van der Waals surface area contributed by atoms with Crippen LogP contribution in [0.25, 0.3) is 0 Å². The Labute approximate surface area is 133 Å². The summed E-state index contributed by atoms with van der Waals surface area (Å²) < 4.78 is 11.1. The summed E-state index contributed by atoms with van der Waals surface area (Å²) in [4.78, 5) is 12.1. The molecule has 0 bridgehead atoms. The number of rotatable bonds is 3. The van der Waals surface area contributed by atoms with Crippen LogP contribution in [0.3, 0.4) is 0 Å². The number of phenolic OH excluding ortho intramolecular Hbond substituents is 1. The minimum atomic E-state index is -0.749. The summed E-state index contributed by atoms with van der Waals surface area (Å²) in [5.74, 6) is 0.966. The molecule has 1 amide bonds. The molecule has 1 atom stereocenters. The zero-order valence-electron chi connectivity index (χ0n) is 12.5. The smallest absolute Gasteiger partial charge is 0.284 e. The number of carbonyl (C=O) groups excluding carboxylic acids is 1. The predicted octanol–water partition coefficient (Wildman–Crippen LogP) is 2.07. The second kappa shape index (κ2) is 6.39. The molecule has 2 aromatic rings. The molecule has 1 aliphatic rings. The van der Waals surface area contributed by atoms with E-state index in [1.54, 1.807) is 43.3 Å². The van der Waals surface area contributed by atoms with Gasteiger partial charge in [0, 0.05) is 0 Å². The number of para-hydroxylation sites is 2. The molecule has 0 aromatic heterocycles. The van der Waals surface area contributed by atoms with Crippen molar-refractivity contribution in [1.29, 1.82) is 0 Å². The fourth-order valence-electron chi connectivity index (χ4n) is 2.13. The standard InChI is InChI=1S/C17H16N2O4/c1-11(12-6-8-13(20)9-7-12)18-19-17(21)16-10-22-14-4-2-3-5-15(14)23-16/h2-9,16,20H,10H2,1H3,(H,19,21)/b18-11+/t16-/m0/s1. The summed E-state index contributed by atoms with van der Waals surface area (Å²) in [6.45, 7) is 1.90. The molecule has 2 N–H and O–H groups in total. The van der Waals surface area contributed by atoms with Gasteiger partial charge in [0.1, 0.15) is 12.4 Å². The Kier molecular flexibility index (Phi) is 4.14. The maximum absolute atomic E-state index is 12.1. The first kappa shape index (κ1) is 14.9. The van der Waals surface area contributed by atoms with E-state index in [0.717, 1.165) is 5.56 Å². The third-order valence-corrected chi connectivity index (χ3v) is 3.42. The molecule has 1 heterocycles. The zero-order chi connectivity index (χ0) is 16.2. The number of carbonyl (C=O) groups is 1. The molecule has 2 aromatic carbocycles. The van der Waals surface area contributed by atoms with Crippen molar-refractivity contribution in [1.82, 2.24) is 5.43 Å². The van der Waals surface area contributed by atoms with Gasteiger partial charge in [-0.1, -0.05) is 12.1 Å². The number of nitrogens with one attached hydrogen (secondary N) is 1. The highest BCUT2D eigenvalue weighted by molar-refractivity contribution is 5.99. The van der Waals surface area contributed by atoms with Crippen LogP contribution in [0.15, 0.2) is 53.6 Å². The van der Waals surface area contributed by atoms with Gasteiger partial charge in [0.25, 0.3) is 5.91 Å². The van der Waals surface area contributed by atoms with Gasteiger partial charge in [0.05, 0.1) is 5.71 Å². The van der Waals surface area contributed by atoms with Gasteiger partial charge >= 0.3 is 0 Å². The number of fused-ring (bicyclic) bond motifs is 1. The molecule has 0 fully saturated rings. The lowest BCUT2D eigenvalue weighted by Gasteiger charge is -2.24. The first-order chi connectivity index (χ1) is 11.1. The number of hydrogen-bond acceptors (Lipinski definition) is 5. The largest absolute Gasteiger partial charge is 0.508 e.